The van der Waals surface area contributed by atoms with Gasteiger partial charge in [0.25, 0.3) is 0 Å². The van der Waals surface area contributed by atoms with Crippen molar-refractivity contribution in [2.24, 2.45) is 0 Å². The summed E-state index contributed by atoms with van der Waals surface area (Å²) < 4.78 is 0. The van der Waals surface area contributed by atoms with Gasteiger partial charge >= 0.3 is 18.9 Å². The second kappa shape index (κ2) is 25.8. The van der Waals surface area contributed by atoms with Crippen LogP contribution in [0.1, 0.15) is 19.8 Å². The first-order valence-corrected chi connectivity index (χ1v) is 2.47. The van der Waals surface area contributed by atoms with Crippen LogP contribution in [0.4, 0.5) is 0 Å². The zero-order chi connectivity index (χ0) is 6.12. The third kappa shape index (κ3) is 31.3. The van der Waals surface area contributed by atoms with Gasteiger partial charge in [0.2, 0.25) is 0 Å². The van der Waals surface area contributed by atoms with E-state index in [0.29, 0.717) is 6.61 Å². The molecule has 0 bridgehead atoms. The molecule has 0 aliphatic rings. The molecule has 0 aromatic carbocycles. The molecule has 0 aromatic heterocycles. The summed E-state index contributed by atoms with van der Waals surface area (Å²) in [5, 5.41) is 15.1. The normalized spacial score (nSPS) is 6.00. The molecule has 0 unspecified atom stereocenters. The van der Waals surface area contributed by atoms with E-state index in [9.17, 15) is 0 Å². The van der Waals surface area contributed by atoms with Gasteiger partial charge in [-0.25, -0.2) is 0 Å². The topological polar surface area (TPSA) is 40.5 Å². The van der Waals surface area contributed by atoms with E-state index >= 15 is 0 Å². The van der Waals surface area contributed by atoms with Gasteiger partial charge in [0.05, 0.1) is 0 Å². The van der Waals surface area contributed by atoms with Crippen molar-refractivity contribution in [2.45, 2.75) is 19.8 Å². The Morgan fingerprint density at radius 3 is 1.62 bits per heavy atom. The number of hydrogen-bond acceptors (Lipinski definition) is 2. The molecule has 2 nitrogen and oxygen atoms in total. The average molecular weight is 114 g/mol. The Morgan fingerprint density at radius 1 is 1.25 bits per heavy atom. The predicted octanol–water partition coefficient (Wildman–Crippen LogP) is -0.261. The molecule has 0 atom stereocenters. The van der Waals surface area contributed by atoms with Crippen molar-refractivity contribution < 1.29 is 10.2 Å². The van der Waals surface area contributed by atoms with Crippen LogP contribution in [0.5, 0.6) is 0 Å². The number of aliphatic hydroxyl groups excluding tert-OH is 2. The van der Waals surface area contributed by atoms with E-state index in [1.165, 1.54) is 0 Å². The number of rotatable bonds is 2. The van der Waals surface area contributed by atoms with Gasteiger partial charge in [-0.2, -0.15) is 0 Å². The first-order chi connectivity index (χ1) is 3.41. The minimum absolute atomic E-state index is 0. The van der Waals surface area contributed by atoms with Crippen LogP contribution in [0.2, 0.25) is 0 Å². The van der Waals surface area contributed by atoms with Crippen molar-refractivity contribution >= 4 is 18.9 Å². The van der Waals surface area contributed by atoms with Gasteiger partial charge in [-0.15, -0.1) is 0 Å². The van der Waals surface area contributed by atoms with Crippen LogP contribution in [0.15, 0.2) is 0 Å². The fraction of sp³-hybridized carbons (Fsp3) is 1.00. The maximum atomic E-state index is 8.07. The van der Waals surface area contributed by atoms with Gasteiger partial charge in [-0.1, -0.05) is 13.3 Å². The first-order valence-electron chi connectivity index (χ1n) is 2.47. The van der Waals surface area contributed by atoms with Crippen LogP contribution in [0, 0.1) is 0 Å². The molecule has 2 N–H and O–H groups in total. The van der Waals surface area contributed by atoms with E-state index in [-0.39, 0.29) is 18.9 Å². The van der Waals surface area contributed by atoms with Crippen LogP contribution in [0.25, 0.3) is 0 Å². The Balaban J connectivity index is -0.0000000750. The molecule has 0 radical (unpaired) electrons. The molecule has 0 fully saturated rings. The van der Waals surface area contributed by atoms with Gasteiger partial charge in [0, 0.05) is 13.7 Å². The molecule has 0 rings (SSSR count). The Labute approximate surface area is 63.1 Å². The summed E-state index contributed by atoms with van der Waals surface area (Å²) in [4.78, 5) is 0. The van der Waals surface area contributed by atoms with Crippen LogP contribution >= 0.6 is 0 Å². The van der Waals surface area contributed by atoms with Crippen molar-refractivity contribution in [3.8, 4) is 0 Å². The van der Waals surface area contributed by atoms with Crippen molar-refractivity contribution in [1.82, 2.24) is 0 Å². The third-order valence-corrected chi connectivity index (χ3v) is 0.512. The molecule has 8 heavy (non-hydrogen) atoms. The van der Waals surface area contributed by atoms with Gasteiger partial charge in [-0.3, -0.25) is 0 Å². The van der Waals surface area contributed by atoms with Crippen LogP contribution < -0.4 is 0 Å². The van der Waals surface area contributed by atoms with Crippen molar-refractivity contribution in [1.29, 1.82) is 0 Å². The number of hydrogen-bond donors (Lipinski definition) is 2. The fourth-order valence-electron chi connectivity index (χ4n) is 0.158. The van der Waals surface area contributed by atoms with Gasteiger partial charge in [0.1, 0.15) is 0 Å². The molecule has 0 aliphatic carbocycles. The fourth-order valence-corrected chi connectivity index (χ4v) is 0.158. The van der Waals surface area contributed by atoms with Crippen LogP contribution in [-0.2, 0) is 0 Å². The number of aliphatic hydroxyl groups is 2. The molecule has 0 saturated heterocycles. The second-order valence-corrected chi connectivity index (χ2v) is 1.08. The third-order valence-electron chi connectivity index (χ3n) is 0.512. The minimum atomic E-state index is 0. The first kappa shape index (κ1) is 15.8. The molecule has 0 saturated carbocycles. The summed E-state index contributed by atoms with van der Waals surface area (Å²) in [6.07, 6.45) is 2.04. The summed E-state index contributed by atoms with van der Waals surface area (Å²) in [7, 11) is 1.00. The Kier molecular flexibility index (Phi) is 51.0. The Hall–Kier alpha value is 0.517. The van der Waals surface area contributed by atoms with Crippen molar-refractivity contribution in [2.75, 3.05) is 13.7 Å². The Morgan fingerprint density at radius 2 is 1.62 bits per heavy atom. The Bertz CT molecular complexity index is 17.9. The number of unbranched alkanes of at least 4 members (excludes halogenated alkanes) is 1. The second-order valence-electron chi connectivity index (χ2n) is 1.08. The summed E-state index contributed by atoms with van der Waals surface area (Å²) in [5.41, 5.74) is 0. The van der Waals surface area contributed by atoms with Crippen LogP contribution in [0.3, 0.4) is 0 Å². The summed E-state index contributed by atoms with van der Waals surface area (Å²) in [5.74, 6) is 0. The molecule has 48 valence electrons. The molecule has 3 heteroatoms. The van der Waals surface area contributed by atoms with Gasteiger partial charge in [0.15, 0.2) is 0 Å². The van der Waals surface area contributed by atoms with Crippen molar-refractivity contribution in [3.63, 3.8) is 0 Å². The van der Waals surface area contributed by atoms with Crippen LogP contribution in [-0.4, -0.2) is 42.8 Å². The van der Waals surface area contributed by atoms with Gasteiger partial charge < -0.3 is 10.2 Å². The molecular formula is C5H15LiO2. The van der Waals surface area contributed by atoms with E-state index in [2.05, 4.69) is 6.92 Å². The summed E-state index contributed by atoms with van der Waals surface area (Å²) >= 11 is 0. The van der Waals surface area contributed by atoms with E-state index in [4.69, 9.17) is 10.2 Å². The molecule has 0 heterocycles. The summed E-state index contributed by atoms with van der Waals surface area (Å²) in [6.45, 7) is 2.40. The summed E-state index contributed by atoms with van der Waals surface area (Å²) in [6, 6.07) is 0. The predicted molar refractivity (Wildman–Crippen MR) is 37.3 cm³/mol. The zero-order valence-electron chi connectivity index (χ0n) is 5.02. The average Bonchev–Trinajstić information content (AvgIpc) is 1.75. The molecular weight excluding hydrogens is 99.0 g/mol. The quantitative estimate of drug-likeness (QED) is 0.485. The molecule has 0 aliphatic heterocycles. The van der Waals surface area contributed by atoms with E-state index in [1.807, 2.05) is 0 Å². The molecule has 0 aromatic rings. The monoisotopic (exact) mass is 114 g/mol. The standard InChI is InChI=1S/C4H10O.CH4O.Li.H/c1-2-3-4-5;1-2;;/h5H,2-4H2,1H3;2H,1H3;;. The van der Waals surface area contributed by atoms with Crippen molar-refractivity contribution in [3.05, 3.63) is 0 Å². The SMILES string of the molecule is CCCCO.CO.[LiH]. The van der Waals surface area contributed by atoms with Gasteiger partial charge in [-0.05, 0) is 6.42 Å². The zero-order valence-corrected chi connectivity index (χ0v) is 5.02. The molecule has 0 spiro atoms. The van der Waals surface area contributed by atoms with E-state index < -0.39 is 0 Å². The maximum absolute atomic E-state index is 8.07. The molecule has 0 amide bonds. The van der Waals surface area contributed by atoms with E-state index in [1.54, 1.807) is 0 Å². The van der Waals surface area contributed by atoms with E-state index in [0.717, 1.165) is 20.0 Å².